The Morgan fingerprint density at radius 1 is 1.04 bits per heavy atom. The van der Waals surface area contributed by atoms with E-state index < -0.39 is 0 Å². The van der Waals surface area contributed by atoms with Crippen LogP contribution < -0.4 is 5.32 Å². The molecule has 1 fully saturated rings. The molecule has 0 bridgehead atoms. The fourth-order valence-electron chi connectivity index (χ4n) is 3.13. The number of likely N-dealkylation sites (N-methyl/N-ethyl adjacent to an activating group) is 2. The summed E-state index contributed by atoms with van der Waals surface area (Å²) in [7, 11) is 3.69. The summed E-state index contributed by atoms with van der Waals surface area (Å²) in [6, 6.07) is 8.13. The second-order valence-corrected chi connectivity index (χ2v) is 6.87. The molecular formula is C19H29N3O2. The smallest absolute Gasteiger partial charge is 0.243 e. The van der Waals surface area contributed by atoms with E-state index in [2.05, 4.69) is 10.2 Å². The largest absolute Gasteiger partial charge is 0.335 e. The van der Waals surface area contributed by atoms with E-state index in [4.69, 9.17) is 0 Å². The van der Waals surface area contributed by atoms with Crippen molar-refractivity contribution in [3.8, 4) is 0 Å². The number of nitrogens with zero attached hydrogens (tertiary/aromatic N) is 2. The summed E-state index contributed by atoms with van der Waals surface area (Å²) in [4.78, 5) is 28.1. The van der Waals surface area contributed by atoms with Crippen LogP contribution in [0.1, 0.15) is 37.7 Å². The van der Waals surface area contributed by atoms with Crippen molar-refractivity contribution < 1.29 is 9.59 Å². The van der Waals surface area contributed by atoms with Crippen molar-refractivity contribution in [2.75, 3.05) is 32.5 Å². The van der Waals surface area contributed by atoms with E-state index in [0.717, 1.165) is 11.3 Å². The molecule has 0 atom stereocenters. The minimum Gasteiger partial charge on any atom is -0.335 e. The topological polar surface area (TPSA) is 52.7 Å². The molecule has 5 heteroatoms. The summed E-state index contributed by atoms with van der Waals surface area (Å²) >= 11 is 0. The molecule has 1 N–H and O–H groups in total. The van der Waals surface area contributed by atoms with E-state index in [-0.39, 0.29) is 18.4 Å². The number of hydrogen-bond acceptors (Lipinski definition) is 3. The lowest BCUT2D eigenvalue weighted by Gasteiger charge is -2.31. The zero-order valence-corrected chi connectivity index (χ0v) is 15.0. The fraction of sp³-hybridized carbons (Fsp3) is 0.579. The van der Waals surface area contributed by atoms with Crippen LogP contribution in [0, 0.1) is 6.92 Å². The molecule has 2 amide bonds. The van der Waals surface area contributed by atoms with Crippen LogP contribution in [0.2, 0.25) is 0 Å². The summed E-state index contributed by atoms with van der Waals surface area (Å²) < 4.78 is 0. The Bertz CT molecular complexity index is 550. The summed E-state index contributed by atoms with van der Waals surface area (Å²) in [6.45, 7) is 2.45. The van der Waals surface area contributed by atoms with Crippen molar-refractivity contribution in [2.24, 2.45) is 0 Å². The van der Waals surface area contributed by atoms with Crippen LogP contribution in [0.4, 0.5) is 5.69 Å². The van der Waals surface area contributed by atoms with Gasteiger partial charge in [-0.05, 0) is 38.9 Å². The predicted octanol–water partition coefficient (Wildman–Crippen LogP) is 2.66. The van der Waals surface area contributed by atoms with E-state index in [9.17, 15) is 9.59 Å². The maximum atomic E-state index is 12.3. The molecule has 0 aromatic heterocycles. The summed E-state index contributed by atoms with van der Waals surface area (Å²) in [5.41, 5.74) is 1.90. The van der Waals surface area contributed by atoms with Gasteiger partial charge in [0.05, 0.1) is 13.1 Å². The quantitative estimate of drug-likeness (QED) is 0.872. The monoisotopic (exact) mass is 331 g/mol. The summed E-state index contributed by atoms with van der Waals surface area (Å²) in [6.07, 6.45) is 6.14. The van der Waals surface area contributed by atoms with Gasteiger partial charge < -0.3 is 10.2 Å². The SMILES string of the molecule is Cc1ccc(NC(=O)CN(C)C(=O)CN(C)C2CCCCC2)cc1. The van der Waals surface area contributed by atoms with Gasteiger partial charge in [-0.25, -0.2) is 0 Å². The van der Waals surface area contributed by atoms with Crippen LogP contribution in [-0.4, -0.2) is 54.8 Å². The van der Waals surface area contributed by atoms with E-state index in [1.165, 1.54) is 37.0 Å². The normalized spacial score (nSPS) is 15.3. The van der Waals surface area contributed by atoms with Gasteiger partial charge in [-0.2, -0.15) is 0 Å². The number of carbonyl (C=O) groups is 2. The number of amides is 2. The number of benzene rings is 1. The molecule has 0 unspecified atom stereocenters. The molecule has 1 aromatic carbocycles. The number of nitrogens with one attached hydrogen (secondary N) is 1. The third-order valence-corrected chi connectivity index (χ3v) is 4.72. The molecule has 24 heavy (non-hydrogen) atoms. The first-order chi connectivity index (χ1) is 11.5. The molecule has 5 nitrogen and oxygen atoms in total. The highest BCUT2D eigenvalue weighted by Gasteiger charge is 2.22. The minimum absolute atomic E-state index is 0.0119. The highest BCUT2D eigenvalue weighted by Crippen LogP contribution is 2.21. The molecule has 0 saturated heterocycles. The van der Waals surface area contributed by atoms with Crippen LogP contribution in [0.15, 0.2) is 24.3 Å². The maximum Gasteiger partial charge on any atom is 0.243 e. The molecule has 0 aliphatic heterocycles. The molecule has 0 heterocycles. The standard InChI is InChI=1S/C19H29N3O2/c1-15-9-11-16(12-10-15)20-18(23)13-22(3)19(24)14-21(2)17-7-5-4-6-8-17/h9-12,17H,4-8,13-14H2,1-3H3,(H,20,23). The molecule has 1 saturated carbocycles. The average Bonchev–Trinajstić information content (AvgIpc) is 2.57. The van der Waals surface area contributed by atoms with Crippen LogP contribution in [0.25, 0.3) is 0 Å². The molecule has 0 radical (unpaired) electrons. The van der Waals surface area contributed by atoms with Crippen molar-refractivity contribution in [1.29, 1.82) is 0 Å². The van der Waals surface area contributed by atoms with Crippen LogP contribution in [-0.2, 0) is 9.59 Å². The van der Waals surface area contributed by atoms with Gasteiger partial charge in [0.2, 0.25) is 11.8 Å². The minimum atomic E-state index is -0.171. The lowest BCUT2D eigenvalue weighted by molar-refractivity contribution is -0.134. The number of aryl methyl sites for hydroxylation is 1. The first kappa shape index (κ1) is 18.5. The number of anilines is 1. The Labute approximate surface area is 145 Å². The van der Waals surface area contributed by atoms with Gasteiger partial charge in [0.25, 0.3) is 0 Å². The summed E-state index contributed by atoms with van der Waals surface area (Å²) in [5, 5.41) is 2.83. The Balaban J connectivity index is 1.77. The van der Waals surface area contributed by atoms with Crippen molar-refractivity contribution in [2.45, 2.75) is 45.1 Å². The molecule has 0 spiro atoms. The summed E-state index contributed by atoms with van der Waals surface area (Å²) in [5.74, 6) is -0.183. The van der Waals surface area contributed by atoms with Gasteiger partial charge >= 0.3 is 0 Å². The van der Waals surface area contributed by atoms with E-state index in [1.807, 2.05) is 38.2 Å². The Hall–Kier alpha value is -1.88. The molecule has 1 aromatic rings. The van der Waals surface area contributed by atoms with Gasteiger partial charge in [0, 0.05) is 18.8 Å². The highest BCUT2D eigenvalue weighted by atomic mass is 16.2. The molecule has 1 aliphatic rings. The van der Waals surface area contributed by atoms with Gasteiger partial charge in [0.1, 0.15) is 0 Å². The second-order valence-electron chi connectivity index (χ2n) is 6.87. The lowest BCUT2D eigenvalue weighted by atomic mass is 9.94. The zero-order chi connectivity index (χ0) is 17.5. The van der Waals surface area contributed by atoms with E-state index >= 15 is 0 Å². The fourth-order valence-corrected chi connectivity index (χ4v) is 3.13. The van der Waals surface area contributed by atoms with Gasteiger partial charge in [-0.1, -0.05) is 37.0 Å². The Kier molecular flexibility index (Phi) is 6.79. The number of carbonyl (C=O) groups excluding carboxylic acids is 2. The van der Waals surface area contributed by atoms with Gasteiger partial charge in [-0.15, -0.1) is 0 Å². The molecular weight excluding hydrogens is 302 g/mol. The Morgan fingerprint density at radius 3 is 2.29 bits per heavy atom. The van der Waals surface area contributed by atoms with Gasteiger partial charge in [-0.3, -0.25) is 14.5 Å². The molecule has 1 aliphatic carbocycles. The lowest BCUT2D eigenvalue weighted by Crippen LogP contribution is -2.44. The Morgan fingerprint density at radius 2 is 1.67 bits per heavy atom. The highest BCUT2D eigenvalue weighted by molar-refractivity contribution is 5.94. The van der Waals surface area contributed by atoms with Crippen molar-refractivity contribution in [3.63, 3.8) is 0 Å². The van der Waals surface area contributed by atoms with E-state index in [0.29, 0.717) is 12.6 Å². The van der Waals surface area contributed by atoms with E-state index in [1.54, 1.807) is 7.05 Å². The van der Waals surface area contributed by atoms with Gasteiger partial charge in [0.15, 0.2) is 0 Å². The van der Waals surface area contributed by atoms with Crippen molar-refractivity contribution in [1.82, 2.24) is 9.80 Å². The van der Waals surface area contributed by atoms with Crippen LogP contribution in [0.3, 0.4) is 0 Å². The zero-order valence-electron chi connectivity index (χ0n) is 15.0. The third kappa shape index (κ3) is 5.64. The molecule has 2 rings (SSSR count). The third-order valence-electron chi connectivity index (χ3n) is 4.72. The first-order valence-corrected chi connectivity index (χ1v) is 8.76. The molecule has 132 valence electrons. The number of hydrogen-bond donors (Lipinski definition) is 1. The second kappa shape index (κ2) is 8.83. The van der Waals surface area contributed by atoms with Crippen molar-refractivity contribution in [3.05, 3.63) is 29.8 Å². The van der Waals surface area contributed by atoms with Crippen molar-refractivity contribution >= 4 is 17.5 Å². The number of rotatable bonds is 6. The average molecular weight is 331 g/mol. The first-order valence-electron chi connectivity index (χ1n) is 8.76. The predicted molar refractivity (Wildman–Crippen MR) is 96.9 cm³/mol. The van der Waals surface area contributed by atoms with Crippen LogP contribution >= 0.6 is 0 Å². The van der Waals surface area contributed by atoms with Crippen LogP contribution in [0.5, 0.6) is 0 Å². The maximum absolute atomic E-state index is 12.3.